The highest BCUT2D eigenvalue weighted by Gasteiger charge is 2.23. The minimum atomic E-state index is -0.394. The van der Waals surface area contributed by atoms with E-state index in [1.54, 1.807) is 0 Å². The molecule has 0 radical (unpaired) electrons. The van der Waals surface area contributed by atoms with Crippen LogP contribution < -0.4 is 5.32 Å². The van der Waals surface area contributed by atoms with Gasteiger partial charge < -0.3 is 14.8 Å². The lowest BCUT2D eigenvalue weighted by molar-refractivity contribution is -0.137. The highest BCUT2D eigenvalue weighted by molar-refractivity contribution is 6.13. The van der Waals surface area contributed by atoms with Crippen LogP contribution in [0.3, 0.4) is 0 Å². The van der Waals surface area contributed by atoms with E-state index < -0.39 is 11.8 Å². The zero-order valence-corrected chi connectivity index (χ0v) is 10.5. The molecule has 0 aromatic heterocycles. The average Bonchev–Trinajstić information content (AvgIpc) is 2.71. The molecule has 0 saturated carbocycles. The van der Waals surface area contributed by atoms with Crippen molar-refractivity contribution in [3.05, 3.63) is 12.2 Å². The maximum atomic E-state index is 11.4. The van der Waals surface area contributed by atoms with Crippen LogP contribution in [0.2, 0.25) is 0 Å². The highest BCUT2D eigenvalue weighted by atomic mass is 16.5. The van der Waals surface area contributed by atoms with Gasteiger partial charge in [0.2, 0.25) is 5.91 Å². The third-order valence-electron chi connectivity index (χ3n) is 2.41. The van der Waals surface area contributed by atoms with Crippen LogP contribution in [0.5, 0.6) is 0 Å². The van der Waals surface area contributed by atoms with Crippen molar-refractivity contribution in [3.63, 3.8) is 0 Å². The Morgan fingerprint density at radius 2 is 1.95 bits per heavy atom. The van der Waals surface area contributed by atoms with Crippen molar-refractivity contribution in [1.29, 1.82) is 0 Å². The molecule has 0 aromatic rings. The van der Waals surface area contributed by atoms with Crippen LogP contribution in [0.15, 0.2) is 12.2 Å². The summed E-state index contributed by atoms with van der Waals surface area (Å²) in [5, 5.41) is 2.59. The molecular weight excluding hydrogens is 252 g/mol. The zero-order chi connectivity index (χ0) is 14.1. The van der Waals surface area contributed by atoms with E-state index in [9.17, 15) is 19.2 Å². The first-order valence-corrected chi connectivity index (χ1v) is 5.96. The van der Waals surface area contributed by atoms with E-state index in [-0.39, 0.29) is 18.9 Å². The molecule has 104 valence electrons. The van der Waals surface area contributed by atoms with Crippen molar-refractivity contribution in [2.45, 2.75) is 12.8 Å². The van der Waals surface area contributed by atoms with E-state index in [2.05, 4.69) is 5.32 Å². The summed E-state index contributed by atoms with van der Waals surface area (Å²) in [5.41, 5.74) is 0. The average molecular weight is 268 g/mol. The first-order chi connectivity index (χ1) is 9.15. The Morgan fingerprint density at radius 3 is 2.58 bits per heavy atom. The second-order valence-electron chi connectivity index (χ2n) is 3.83. The third-order valence-corrected chi connectivity index (χ3v) is 2.41. The lowest BCUT2D eigenvalue weighted by atomic mass is 10.3. The molecule has 0 atom stereocenters. The van der Waals surface area contributed by atoms with Gasteiger partial charge in [-0.2, -0.15) is 0 Å². The van der Waals surface area contributed by atoms with Crippen LogP contribution in [0.1, 0.15) is 12.8 Å². The third kappa shape index (κ3) is 5.43. The summed E-state index contributed by atoms with van der Waals surface area (Å²) in [4.78, 5) is 44.8. The largest absolute Gasteiger partial charge is 0.379 e. The summed E-state index contributed by atoms with van der Waals surface area (Å²) < 4.78 is 5.06. The molecule has 3 amide bonds. The Balaban J connectivity index is 2.07. The molecule has 0 spiro atoms. The molecular formula is C12H16N2O5. The molecule has 1 rings (SSSR count). The predicted molar refractivity (Wildman–Crippen MR) is 65.0 cm³/mol. The number of amides is 3. The summed E-state index contributed by atoms with van der Waals surface area (Å²) in [6.45, 7) is 1.06. The minimum absolute atomic E-state index is 0.0630. The molecule has 0 aliphatic carbocycles. The van der Waals surface area contributed by atoms with Gasteiger partial charge in [-0.25, -0.2) is 0 Å². The fraction of sp³-hybridized carbons (Fsp3) is 0.500. The molecule has 0 unspecified atom stereocenters. The molecule has 1 aliphatic heterocycles. The first-order valence-electron chi connectivity index (χ1n) is 5.96. The van der Waals surface area contributed by atoms with Gasteiger partial charge in [-0.15, -0.1) is 0 Å². The van der Waals surface area contributed by atoms with Crippen molar-refractivity contribution < 1.29 is 23.9 Å². The van der Waals surface area contributed by atoms with E-state index >= 15 is 0 Å². The van der Waals surface area contributed by atoms with Crippen molar-refractivity contribution in [1.82, 2.24) is 10.2 Å². The number of hydrogen-bond acceptors (Lipinski definition) is 5. The van der Waals surface area contributed by atoms with E-state index in [1.807, 2.05) is 0 Å². The van der Waals surface area contributed by atoms with Crippen molar-refractivity contribution in [2.24, 2.45) is 0 Å². The van der Waals surface area contributed by atoms with Crippen LogP contribution in [0.25, 0.3) is 0 Å². The van der Waals surface area contributed by atoms with Gasteiger partial charge in [0.15, 0.2) is 0 Å². The minimum Gasteiger partial charge on any atom is -0.379 e. The monoisotopic (exact) mass is 268 g/mol. The van der Waals surface area contributed by atoms with Crippen LogP contribution in [-0.2, 0) is 23.9 Å². The normalized spacial score (nSPS) is 14.0. The maximum absolute atomic E-state index is 11.4. The smallest absolute Gasteiger partial charge is 0.253 e. The number of nitrogens with zero attached hydrogens (tertiary/aromatic N) is 1. The van der Waals surface area contributed by atoms with E-state index in [0.717, 1.165) is 11.2 Å². The number of hydrogen-bond donors (Lipinski definition) is 1. The van der Waals surface area contributed by atoms with Crippen LogP contribution in [0, 0.1) is 0 Å². The van der Waals surface area contributed by atoms with Gasteiger partial charge in [-0.05, 0) is 0 Å². The summed E-state index contributed by atoms with van der Waals surface area (Å²) in [5.74, 6) is -1.04. The number of carbonyl (C=O) groups excluding carboxylic acids is 4. The SMILES string of the molecule is O=CCCOCCNC(=O)CCN1C(=O)C=CC1=O. The van der Waals surface area contributed by atoms with Crippen molar-refractivity contribution >= 4 is 24.0 Å². The molecule has 7 heteroatoms. The summed E-state index contributed by atoms with van der Waals surface area (Å²) in [7, 11) is 0. The van der Waals surface area contributed by atoms with Gasteiger partial charge in [-0.1, -0.05) is 0 Å². The predicted octanol–water partition coefficient (Wildman–Crippen LogP) is -0.977. The quantitative estimate of drug-likeness (QED) is 0.330. The molecule has 0 bridgehead atoms. The number of ether oxygens (including phenoxy) is 1. The molecule has 7 nitrogen and oxygen atoms in total. The molecule has 0 aromatic carbocycles. The molecule has 1 N–H and O–H groups in total. The van der Waals surface area contributed by atoms with Gasteiger partial charge >= 0.3 is 0 Å². The van der Waals surface area contributed by atoms with Crippen LogP contribution in [0.4, 0.5) is 0 Å². The molecule has 19 heavy (non-hydrogen) atoms. The van der Waals surface area contributed by atoms with Crippen molar-refractivity contribution in [3.8, 4) is 0 Å². The fourth-order valence-electron chi connectivity index (χ4n) is 1.45. The van der Waals surface area contributed by atoms with E-state index in [0.29, 0.717) is 26.2 Å². The highest BCUT2D eigenvalue weighted by Crippen LogP contribution is 2.03. The Kier molecular flexibility index (Phi) is 6.45. The van der Waals surface area contributed by atoms with Crippen LogP contribution in [-0.4, -0.2) is 55.2 Å². The summed E-state index contributed by atoms with van der Waals surface area (Å²) in [6.07, 6.45) is 3.52. The standard InChI is InChI=1S/C12H16N2O5/c15-7-1-8-19-9-5-13-10(16)4-6-14-11(17)2-3-12(14)18/h2-3,7H,1,4-6,8-9H2,(H,13,16). The summed E-state index contributed by atoms with van der Waals surface area (Å²) >= 11 is 0. The van der Waals surface area contributed by atoms with Gasteiger partial charge in [0.1, 0.15) is 6.29 Å². The summed E-state index contributed by atoms with van der Waals surface area (Å²) in [6, 6.07) is 0. The van der Waals surface area contributed by atoms with Gasteiger partial charge in [-0.3, -0.25) is 19.3 Å². The Hall–Kier alpha value is -2.02. The lowest BCUT2D eigenvalue weighted by Gasteiger charge is -2.13. The number of rotatable bonds is 9. The molecule has 1 heterocycles. The Labute approximate surface area is 110 Å². The topological polar surface area (TPSA) is 92.8 Å². The van der Waals surface area contributed by atoms with Gasteiger partial charge in [0.05, 0.1) is 13.2 Å². The van der Waals surface area contributed by atoms with Gasteiger partial charge in [0.25, 0.3) is 11.8 Å². The number of nitrogens with one attached hydrogen (secondary N) is 1. The fourth-order valence-corrected chi connectivity index (χ4v) is 1.45. The second-order valence-corrected chi connectivity index (χ2v) is 3.83. The number of imide groups is 1. The number of aldehydes is 1. The lowest BCUT2D eigenvalue weighted by Crippen LogP contribution is -2.35. The van der Waals surface area contributed by atoms with E-state index in [4.69, 9.17) is 4.74 Å². The zero-order valence-electron chi connectivity index (χ0n) is 10.5. The Morgan fingerprint density at radius 1 is 1.26 bits per heavy atom. The van der Waals surface area contributed by atoms with Crippen LogP contribution >= 0.6 is 0 Å². The van der Waals surface area contributed by atoms with Gasteiger partial charge in [0, 0.05) is 38.1 Å². The van der Waals surface area contributed by atoms with E-state index in [1.165, 1.54) is 12.2 Å². The number of carbonyl (C=O) groups is 4. The second kappa shape index (κ2) is 8.15. The first kappa shape index (κ1) is 15.0. The molecule has 0 fully saturated rings. The molecule has 1 aliphatic rings. The molecule has 0 saturated heterocycles. The maximum Gasteiger partial charge on any atom is 0.253 e. The van der Waals surface area contributed by atoms with Crippen molar-refractivity contribution in [2.75, 3.05) is 26.3 Å². The Bertz CT molecular complexity index is 374.